The lowest BCUT2D eigenvalue weighted by molar-refractivity contribution is 0.0994. The SMILES string of the molecule is CCCNC1CCN(C(C)(C)CC(C)(C)C)C1. The highest BCUT2D eigenvalue weighted by Gasteiger charge is 2.35. The molecule has 1 heterocycles. The van der Waals surface area contributed by atoms with Crippen LogP contribution in [0.3, 0.4) is 0 Å². The Hall–Kier alpha value is -0.0800. The van der Waals surface area contributed by atoms with Crippen molar-refractivity contribution >= 4 is 0 Å². The van der Waals surface area contributed by atoms with E-state index in [1.165, 1.54) is 32.4 Å². The number of likely N-dealkylation sites (tertiary alicyclic amines) is 1. The van der Waals surface area contributed by atoms with E-state index in [4.69, 9.17) is 0 Å². The molecule has 0 aromatic rings. The van der Waals surface area contributed by atoms with E-state index in [0.717, 1.165) is 6.54 Å². The normalized spacial score (nSPS) is 23.3. The van der Waals surface area contributed by atoms with E-state index >= 15 is 0 Å². The summed E-state index contributed by atoms with van der Waals surface area (Å²) in [6.45, 7) is 17.7. The van der Waals surface area contributed by atoms with Gasteiger partial charge in [-0.25, -0.2) is 0 Å². The average molecular weight is 240 g/mol. The summed E-state index contributed by atoms with van der Waals surface area (Å²) >= 11 is 0. The molecule has 1 saturated heterocycles. The molecular weight excluding hydrogens is 208 g/mol. The highest BCUT2D eigenvalue weighted by molar-refractivity contribution is 4.92. The molecule has 1 unspecified atom stereocenters. The molecule has 1 rings (SSSR count). The van der Waals surface area contributed by atoms with Crippen LogP contribution in [0, 0.1) is 5.41 Å². The van der Waals surface area contributed by atoms with Gasteiger partial charge in [-0.15, -0.1) is 0 Å². The highest BCUT2D eigenvalue weighted by Crippen LogP contribution is 2.33. The minimum absolute atomic E-state index is 0.334. The minimum atomic E-state index is 0.334. The van der Waals surface area contributed by atoms with E-state index in [0.29, 0.717) is 17.0 Å². The Kier molecular flexibility index (Phi) is 5.03. The van der Waals surface area contributed by atoms with E-state index in [9.17, 15) is 0 Å². The van der Waals surface area contributed by atoms with Crippen LogP contribution in [0.2, 0.25) is 0 Å². The molecule has 0 amide bonds. The molecule has 0 aromatic carbocycles. The van der Waals surface area contributed by atoms with E-state index in [1.807, 2.05) is 0 Å². The Morgan fingerprint density at radius 1 is 1.18 bits per heavy atom. The molecule has 0 spiro atoms. The van der Waals surface area contributed by atoms with Crippen molar-refractivity contribution in [1.82, 2.24) is 10.2 Å². The predicted octanol–water partition coefficient (Wildman–Crippen LogP) is 3.28. The summed E-state index contributed by atoms with van der Waals surface area (Å²) in [5.41, 5.74) is 0.749. The molecule has 2 heteroatoms. The summed E-state index contributed by atoms with van der Waals surface area (Å²) in [5, 5.41) is 3.65. The number of hydrogen-bond acceptors (Lipinski definition) is 2. The Labute approximate surface area is 108 Å². The third-order valence-electron chi connectivity index (χ3n) is 3.69. The zero-order valence-electron chi connectivity index (χ0n) is 12.8. The van der Waals surface area contributed by atoms with Crippen molar-refractivity contribution in [2.24, 2.45) is 5.41 Å². The molecule has 2 nitrogen and oxygen atoms in total. The second-order valence-electron chi connectivity index (χ2n) is 7.44. The quantitative estimate of drug-likeness (QED) is 0.793. The van der Waals surface area contributed by atoms with Crippen LogP contribution in [0.1, 0.15) is 60.8 Å². The monoisotopic (exact) mass is 240 g/mol. The first-order chi connectivity index (χ1) is 7.74. The molecule has 1 aliphatic rings. The van der Waals surface area contributed by atoms with Crippen LogP contribution in [-0.2, 0) is 0 Å². The summed E-state index contributed by atoms with van der Waals surface area (Å²) in [7, 11) is 0. The molecule has 1 N–H and O–H groups in total. The second kappa shape index (κ2) is 5.71. The van der Waals surface area contributed by atoms with E-state index in [-0.39, 0.29) is 0 Å². The molecule has 1 fully saturated rings. The molecule has 102 valence electrons. The molecule has 0 aromatic heterocycles. The highest BCUT2D eigenvalue weighted by atomic mass is 15.2. The van der Waals surface area contributed by atoms with Crippen LogP contribution in [0.5, 0.6) is 0 Å². The molecular formula is C15H32N2. The third-order valence-corrected chi connectivity index (χ3v) is 3.69. The van der Waals surface area contributed by atoms with Crippen molar-refractivity contribution in [2.75, 3.05) is 19.6 Å². The van der Waals surface area contributed by atoms with E-state index < -0.39 is 0 Å². The molecule has 0 saturated carbocycles. The number of nitrogens with zero attached hydrogens (tertiary/aromatic N) is 1. The standard InChI is InChI=1S/C15H32N2/c1-7-9-16-13-8-10-17(11-13)15(5,6)12-14(2,3)4/h13,16H,7-12H2,1-6H3. The van der Waals surface area contributed by atoms with Gasteiger partial charge < -0.3 is 5.32 Å². The van der Waals surface area contributed by atoms with Crippen molar-refractivity contribution in [2.45, 2.75) is 72.4 Å². The summed E-state index contributed by atoms with van der Waals surface area (Å²) in [6.07, 6.45) is 3.82. The van der Waals surface area contributed by atoms with Gasteiger partial charge in [0.25, 0.3) is 0 Å². The fraction of sp³-hybridized carbons (Fsp3) is 1.00. The molecule has 1 aliphatic heterocycles. The molecule has 17 heavy (non-hydrogen) atoms. The topological polar surface area (TPSA) is 15.3 Å². The predicted molar refractivity (Wildman–Crippen MR) is 76.4 cm³/mol. The summed E-state index contributed by atoms with van der Waals surface area (Å²) < 4.78 is 0. The van der Waals surface area contributed by atoms with Crippen molar-refractivity contribution in [1.29, 1.82) is 0 Å². The Morgan fingerprint density at radius 3 is 2.35 bits per heavy atom. The van der Waals surface area contributed by atoms with Gasteiger partial charge in [-0.3, -0.25) is 4.90 Å². The Balaban J connectivity index is 2.46. The maximum Gasteiger partial charge on any atom is 0.0207 e. The van der Waals surface area contributed by atoms with Gasteiger partial charge in [-0.05, 0) is 45.1 Å². The van der Waals surface area contributed by atoms with E-state index in [2.05, 4.69) is 51.8 Å². The van der Waals surface area contributed by atoms with Gasteiger partial charge in [0.15, 0.2) is 0 Å². The summed E-state index contributed by atoms with van der Waals surface area (Å²) in [4.78, 5) is 2.67. The smallest absolute Gasteiger partial charge is 0.0207 e. The maximum atomic E-state index is 3.65. The number of nitrogens with one attached hydrogen (secondary N) is 1. The van der Waals surface area contributed by atoms with E-state index in [1.54, 1.807) is 0 Å². The zero-order chi connectivity index (χ0) is 13.1. The minimum Gasteiger partial charge on any atom is -0.313 e. The number of rotatable bonds is 5. The van der Waals surface area contributed by atoms with Crippen LogP contribution in [-0.4, -0.2) is 36.1 Å². The van der Waals surface area contributed by atoms with Gasteiger partial charge in [0.05, 0.1) is 0 Å². The lowest BCUT2D eigenvalue weighted by Gasteiger charge is -2.40. The summed E-state index contributed by atoms with van der Waals surface area (Å²) in [5.74, 6) is 0. The van der Waals surface area contributed by atoms with Gasteiger partial charge >= 0.3 is 0 Å². The van der Waals surface area contributed by atoms with Crippen LogP contribution in [0.15, 0.2) is 0 Å². The van der Waals surface area contributed by atoms with Crippen LogP contribution < -0.4 is 5.32 Å². The van der Waals surface area contributed by atoms with Gasteiger partial charge in [0.1, 0.15) is 0 Å². The largest absolute Gasteiger partial charge is 0.313 e. The van der Waals surface area contributed by atoms with Gasteiger partial charge in [-0.1, -0.05) is 27.7 Å². The Bertz CT molecular complexity index is 228. The van der Waals surface area contributed by atoms with Crippen LogP contribution in [0.25, 0.3) is 0 Å². The zero-order valence-corrected chi connectivity index (χ0v) is 12.8. The van der Waals surface area contributed by atoms with Gasteiger partial charge in [-0.2, -0.15) is 0 Å². The Morgan fingerprint density at radius 2 is 1.82 bits per heavy atom. The first kappa shape index (κ1) is 15.0. The van der Waals surface area contributed by atoms with Gasteiger partial charge in [0.2, 0.25) is 0 Å². The molecule has 0 bridgehead atoms. The average Bonchev–Trinajstić information content (AvgIpc) is 2.59. The first-order valence-corrected chi connectivity index (χ1v) is 7.23. The fourth-order valence-corrected chi connectivity index (χ4v) is 3.23. The van der Waals surface area contributed by atoms with Crippen LogP contribution in [0.4, 0.5) is 0 Å². The first-order valence-electron chi connectivity index (χ1n) is 7.23. The van der Waals surface area contributed by atoms with Crippen molar-refractivity contribution in [3.05, 3.63) is 0 Å². The molecule has 1 atom stereocenters. The van der Waals surface area contributed by atoms with Gasteiger partial charge in [0, 0.05) is 24.7 Å². The summed E-state index contributed by atoms with van der Waals surface area (Å²) in [6, 6.07) is 0.717. The van der Waals surface area contributed by atoms with Crippen molar-refractivity contribution in [3.63, 3.8) is 0 Å². The second-order valence-corrected chi connectivity index (χ2v) is 7.44. The third kappa shape index (κ3) is 4.97. The lowest BCUT2D eigenvalue weighted by atomic mass is 9.81. The number of hydrogen-bond donors (Lipinski definition) is 1. The van der Waals surface area contributed by atoms with Crippen LogP contribution >= 0.6 is 0 Å². The lowest BCUT2D eigenvalue weighted by Crippen LogP contribution is -2.46. The molecule has 0 aliphatic carbocycles. The van der Waals surface area contributed by atoms with Crippen molar-refractivity contribution < 1.29 is 0 Å². The fourth-order valence-electron chi connectivity index (χ4n) is 3.23. The maximum absolute atomic E-state index is 3.65. The molecule has 0 radical (unpaired) electrons. The van der Waals surface area contributed by atoms with Crippen molar-refractivity contribution in [3.8, 4) is 0 Å².